The Morgan fingerprint density at radius 2 is 1.66 bits per heavy atom. The molecule has 1 aromatic rings. The molecule has 1 unspecified atom stereocenters. The first-order valence-corrected chi connectivity index (χ1v) is 12.1. The fourth-order valence-electron chi connectivity index (χ4n) is 2.93. The molecule has 29 heavy (non-hydrogen) atoms. The molecule has 0 aliphatic rings. The van der Waals surface area contributed by atoms with E-state index < -0.39 is 20.0 Å². The van der Waals surface area contributed by atoms with Crippen LogP contribution in [-0.4, -0.2) is 65.8 Å². The van der Waals surface area contributed by atoms with Gasteiger partial charge in [0.25, 0.3) is 0 Å². The van der Waals surface area contributed by atoms with Crippen LogP contribution in [-0.2, 0) is 20.0 Å². The first kappa shape index (κ1) is 25.3. The second-order valence-corrected chi connectivity index (χ2v) is 10.9. The molecule has 0 amide bonds. The Bertz CT molecular complexity index is 916. The molecule has 1 rings (SSSR count). The molecule has 0 aliphatic heterocycles. The van der Waals surface area contributed by atoms with Gasteiger partial charge >= 0.3 is 0 Å². The average molecular weight is 445 g/mol. The van der Waals surface area contributed by atoms with E-state index in [0.717, 1.165) is 10.4 Å². The van der Waals surface area contributed by atoms with Gasteiger partial charge in [0, 0.05) is 39.8 Å². The molecule has 0 bridgehead atoms. The number of nitrogens with zero attached hydrogens (tertiary/aromatic N) is 2. The van der Waals surface area contributed by atoms with Crippen LogP contribution in [0.3, 0.4) is 0 Å². The quantitative estimate of drug-likeness (QED) is 0.475. The van der Waals surface area contributed by atoms with Crippen molar-refractivity contribution in [3.8, 4) is 0 Å². The van der Waals surface area contributed by atoms with E-state index in [9.17, 15) is 16.8 Å². The van der Waals surface area contributed by atoms with Crippen molar-refractivity contribution in [3.63, 3.8) is 0 Å². The Morgan fingerprint density at radius 1 is 1.10 bits per heavy atom. The van der Waals surface area contributed by atoms with Gasteiger partial charge in [-0.3, -0.25) is 4.90 Å². The zero-order valence-corrected chi connectivity index (χ0v) is 19.1. The van der Waals surface area contributed by atoms with Crippen molar-refractivity contribution in [1.82, 2.24) is 9.21 Å². The molecule has 1 atom stereocenters. The lowest BCUT2D eigenvalue weighted by molar-refractivity contribution is 0.199. The summed E-state index contributed by atoms with van der Waals surface area (Å²) in [5.74, 6) is 0.258. The van der Waals surface area contributed by atoms with E-state index in [-0.39, 0.29) is 27.4 Å². The van der Waals surface area contributed by atoms with Gasteiger partial charge in [-0.15, -0.1) is 13.2 Å². The van der Waals surface area contributed by atoms with E-state index in [0.29, 0.717) is 19.6 Å². The average Bonchev–Trinajstić information content (AvgIpc) is 2.60. The number of hydrogen-bond donors (Lipinski definition) is 2. The summed E-state index contributed by atoms with van der Waals surface area (Å²) >= 11 is 0. The highest BCUT2D eigenvalue weighted by Gasteiger charge is 2.24. The van der Waals surface area contributed by atoms with Gasteiger partial charge in [-0.05, 0) is 24.1 Å². The predicted octanol–water partition coefficient (Wildman–Crippen LogP) is 1.69. The highest BCUT2D eigenvalue weighted by atomic mass is 32.2. The zero-order chi connectivity index (χ0) is 22.4. The monoisotopic (exact) mass is 444 g/mol. The zero-order valence-electron chi connectivity index (χ0n) is 17.5. The lowest BCUT2D eigenvalue weighted by atomic mass is 10.0. The van der Waals surface area contributed by atoms with Crippen LogP contribution in [0.4, 0.5) is 5.69 Å². The summed E-state index contributed by atoms with van der Waals surface area (Å²) in [6.07, 6.45) is 3.60. The Hall–Kier alpha value is -1.72. The highest BCUT2D eigenvalue weighted by Crippen LogP contribution is 2.26. The maximum absolute atomic E-state index is 12.4. The van der Waals surface area contributed by atoms with Gasteiger partial charge in [0.1, 0.15) is 4.90 Å². The Labute approximate surface area is 175 Å². The Morgan fingerprint density at radius 3 is 2.07 bits per heavy atom. The molecule has 1 aromatic carbocycles. The highest BCUT2D eigenvalue weighted by molar-refractivity contribution is 7.90. The maximum Gasteiger partial charge on any atom is 0.242 e. The minimum absolute atomic E-state index is 0.0597. The smallest absolute Gasteiger partial charge is 0.242 e. The van der Waals surface area contributed by atoms with Crippen LogP contribution in [0.1, 0.15) is 13.8 Å². The molecule has 10 heteroatoms. The number of benzene rings is 1. The van der Waals surface area contributed by atoms with Gasteiger partial charge in [-0.25, -0.2) is 26.3 Å². The lowest BCUT2D eigenvalue weighted by Crippen LogP contribution is -2.44. The van der Waals surface area contributed by atoms with Gasteiger partial charge in [0.05, 0.1) is 10.6 Å². The predicted molar refractivity (Wildman–Crippen MR) is 118 cm³/mol. The third-order valence-corrected chi connectivity index (χ3v) is 7.27. The van der Waals surface area contributed by atoms with E-state index in [1.165, 1.54) is 26.2 Å². The summed E-state index contributed by atoms with van der Waals surface area (Å²) < 4.78 is 49.9. The SMILES string of the molecule is C=CCN(CC=C)C(CNc1ccc(S(=O)(=O)N(C)C)cc1S(N)(=O)=O)C(C)C. The summed E-state index contributed by atoms with van der Waals surface area (Å²) in [6, 6.07) is 3.94. The normalized spacial score (nSPS) is 13.7. The van der Waals surface area contributed by atoms with Gasteiger partial charge in [0.15, 0.2) is 0 Å². The van der Waals surface area contributed by atoms with Crippen molar-refractivity contribution in [2.24, 2.45) is 11.1 Å². The molecule has 164 valence electrons. The molecular formula is C19H32N4O4S2. The molecule has 0 aliphatic carbocycles. The van der Waals surface area contributed by atoms with Crippen molar-refractivity contribution in [1.29, 1.82) is 0 Å². The third-order valence-electron chi connectivity index (χ3n) is 4.51. The maximum atomic E-state index is 12.4. The lowest BCUT2D eigenvalue weighted by Gasteiger charge is -2.33. The molecule has 0 heterocycles. The Kier molecular flexibility index (Phi) is 9.04. The van der Waals surface area contributed by atoms with Crippen LogP contribution in [0.25, 0.3) is 0 Å². The number of hydrogen-bond acceptors (Lipinski definition) is 6. The van der Waals surface area contributed by atoms with Gasteiger partial charge < -0.3 is 5.32 Å². The van der Waals surface area contributed by atoms with E-state index in [4.69, 9.17) is 5.14 Å². The first-order chi connectivity index (χ1) is 13.4. The number of nitrogens with one attached hydrogen (secondary N) is 1. The largest absolute Gasteiger partial charge is 0.382 e. The van der Waals surface area contributed by atoms with Gasteiger partial charge in [-0.1, -0.05) is 26.0 Å². The third kappa shape index (κ3) is 6.65. The topological polar surface area (TPSA) is 113 Å². The van der Waals surface area contributed by atoms with E-state index >= 15 is 0 Å². The number of sulfonamides is 2. The molecule has 8 nitrogen and oxygen atoms in total. The second-order valence-electron chi connectivity index (χ2n) is 7.21. The second kappa shape index (κ2) is 10.4. The fraction of sp³-hybridized carbons (Fsp3) is 0.474. The van der Waals surface area contributed by atoms with Crippen LogP contribution >= 0.6 is 0 Å². The molecule has 0 radical (unpaired) electrons. The van der Waals surface area contributed by atoms with Crippen LogP contribution in [0.5, 0.6) is 0 Å². The van der Waals surface area contributed by atoms with E-state index in [1.807, 2.05) is 0 Å². The molecule has 0 spiro atoms. The van der Waals surface area contributed by atoms with Gasteiger partial charge in [-0.2, -0.15) is 0 Å². The number of rotatable bonds is 12. The number of nitrogens with two attached hydrogens (primary N) is 1. The van der Waals surface area contributed by atoms with E-state index in [2.05, 4.69) is 37.2 Å². The van der Waals surface area contributed by atoms with Crippen molar-refractivity contribution in [2.45, 2.75) is 29.7 Å². The molecule has 0 saturated heterocycles. The molecule has 3 N–H and O–H groups in total. The summed E-state index contributed by atoms with van der Waals surface area (Å²) in [6.45, 7) is 13.4. The van der Waals surface area contributed by atoms with Crippen LogP contribution in [0, 0.1) is 5.92 Å². The van der Waals surface area contributed by atoms with Crippen LogP contribution in [0.15, 0.2) is 53.3 Å². The number of anilines is 1. The van der Waals surface area contributed by atoms with Crippen molar-refractivity contribution < 1.29 is 16.8 Å². The molecule has 0 aromatic heterocycles. The standard InChI is InChI=1S/C19H32N4O4S2/c1-7-11-23(12-8-2)18(15(3)4)14-21-17-10-9-16(29(26,27)22(5)6)13-19(17)28(20,24)25/h7-10,13,15,18,21H,1-2,11-12,14H2,3-6H3,(H2,20,24,25). The van der Waals surface area contributed by atoms with Gasteiger partial charge in [0.2, 0.25) is 20.0 Å². The number of primary sulfonamides is 1. The molecular weight excluding hydrogens is 412 g/mol. The van der Waals surface area contributed by atoms with Crippen LogP contribution < -0.4 is 10.5 Å². The first-order valence-electron chi connectivity index (χ1n) is 9.15. The van der Waals surface area contributed by atoms with Crippen molar-refractivity contribution in [3.05, 3.63) is 43.5 Å². The van der Waals surface area contributed by atoms with Crippen molar-refractivity contribution in [2.75, 3.05) is 39.0 Å². The Balaban J connectivity index is 3.30. The summed E-state index contributed by atoms with van der Waals surface area (Å²) in [5, 5.41) is 8.48. The summed E-state index contributed by atoms with van der Waals surface area (Å²) in [5.41, 5.74) is 0.257. The van der Waals surface area contributed by atoms with E-state index in [1.54, 1.807) is 12.2 Å². The minimum Gasteiger partial charge on any atom is -0.382 e. The summed E-state index contributed by atoms with van der Waals surface area (Å²) in [7, 11) is -5.19. The van der Waals surface area contributed by atoms with Crippen molar-refractivity contribution >= 4 is 25.7 Å². The molecule has 0 fully saturated rings. The summed E-state index contributed by atoms with van der Waals surface area (Å²) in [4.78, 5) is 1.76. The fourth-order valence-corrected chi connectivity index (χ4v) is 4.67. The minimum atomic E-state index is -4.14. The van der Waals surface area contributed by atoms with Crippen LogP contribution in [0.2, 0.25) is 0 Å². The molecule has 0 saturated carbocycles.